The smallest absolute Gasteiger partial charge is 0.231 e. The number of carbonyl (C=O) groups is 1. The van der Waals surface area contributed by atoms with Crippen LogP contribution < -0.4 is 5.73 Å². The Morgan fingerprint density at radius 1 is 1.48 bits per heavy atom. The number of guanidine groups is 1. The average molecular weight is 325 g/mol. The quantitative estimate of drug-likeness (QED) is 0.914. The van der Waals surface area contributed by atoms with Crippen LogP contribution in [-0.2, 0) is 10.3 Å². The van der Waals surface area contributed by atoms with Gasteiger partial charge in [0.2, 0.25) is 5.91 Å². The van der Waals surface area contributed by atoms with Crippen LogP contribution in [0.15, 0.2) is 34.6 Å². The van der Waals surface area contributed by atoms with E-state index in [1.807, 2.05) is 30.5 Å². The molecule has 0 saturated carbocycles. The van der Waals surface area contributed by atoms with Crippen molar-refractivity contribution in [3.8, 4) is 17.3 Å². The molecule has 7 heteroatoms. The summed E-state index contributed by atoms with van der Waals surface area (Å²) in [6.45, 7) is 1.90. The summed E-state index contributed by atoms with van der Waals surface area (Å²) >= 11 is 1.51. The second kappa shape index (κ2) is 5.48. The van der Waals surface area contributed by atoms with Gasteiger partial charge < -0.3 is 5.73 Å². The number of hydrogen-bond donors (Lipinski definition) is 1. The molecule has 6 nitrogen and oxygen atoms in total. The molecule has 0 bridgehead atoms. The SMILES string of the molecule is CN1C(=O)C[C@@](C)(c2cc(-c3cccc(C#N)n3)cs2)N=C1N. The predicted octanol–water partition coefficient (Wildman–Crippen LogP) is 2.07. The Hall–Kier alpha value is -2.72. The predicted molar refractivity (Wildman–Crippen MR) is 88.6 cm³/mol. The van der Waals surface area contributed by atoms with Crippen LogP contribution in [0.3, 0.4) is 0 Å². The highest BCUT2D eigenvalue weighted by molar-refractivity contribution is 7.10. The number of pyridine rings is 1. The second-order valence-electron chi connectivity index (χ2n) is 5.59. The maximum Gasteiger partial charge on any atom is 0.231 e. The Balaban J connectivity index is 1.99. The van der Waals surface area contributed by atoms with Gasteiger partial charge in [-0.2, -0.15) is 5.26 Å². The third-order valence-electron chi connectivity index (χ3n) is 3.86. The largest absolute Gasteiger partial charge is 0.369 e. The van der Waals surface area contributed by atoms with Gasteiger partial charge >= 0.3 is 0 Å². The van der Waals surface area contributed by atoms with Crippen molar-refractivity contribution in [1.82, 2.24) is 9.88 Å². The zero-order chi connectivity index (χ0) is 16.6. The van der Waals surface area contributed by atoms with Crippen molar-refractivity contribution in [2.45, 2.75) is 18.9 Å². The van der Waals surface area contributed by atoms with Gasteiger partial charge in [-0.25, -0.2) is 9.98 Å². The molecule has 2 aromatic heterocycles. The molecule has 0 fully saturated rings. The number of aromatic nitrogens is 1. The topological polar surface area (TPSA) is 95.4 Å². The van der Waals surface area contributed by atoms with Crippen molar-refractivity contribution in [2.24, 2.45) is 10.7 Å². The van der Waals surface area contributed by atoms with Gasteiger partial charge in [-0.15, -0.1) is 11.3 Å². The first kappa shape index (κ1) is 15.2. The van der Waals surface area contributed by atoms with Crippen LogP contribution in [0.2, 0.25) is 0 Å². The minimum atomic E-state index is -0.663. The van der Waals surface area contributed by atoms with Crippen molar-refractivity contribution < 1.29 is 4.79 Å². The Kier molecular flexibility index (Phi) is 3.62. The van der Waals surface area contributed by atoms with Crippen molar-refractivity contribution >= 4 is 23.2 Å². The van der Waals surface area contributed by atoms with E-state index in [9.17, 15) is 4.79 Å². The Labute approximate surface area is 137 Å². The highest BCUT2D eigenvalue weighted by Crippen LogP contribution is 2.38. The molecular formula is C16H15N5OS. The molecule has 0 aromatic carbocycles. The van der Waals surface area contributed by atoms with Gasteiger partial charge in [0, 0.05) is 22.9 Å². The third kappa shape index (κ3) is 2.69. The van der Waals surface area contributed by atoms with E-state index in [-0.39, 0.29) is 18.3 Å². The molecule has 2 aromatic rings. The zero-order valence-electron chi connectivity index (χ0n) is 12.8. The molecule has 0 saturated heterocycles. The fourth-order valence-corrected chi connectivity index (χ4v) is 3.47. The van der Waals surface area contributed by atoms with E-state index in [0.29, 0.717) is 5.69 Å². The van der Waals surface area contributed by atoms with Crippen LogP contribution in [0, 0.1) is 11.3 Å². The van der Waals surface area contributed by atoms with Crippen molar-refractivity contribution in [3.63, 3.8) is 0 Å². The van der Waals surface area contributed by atoms with Gasteiger partial charge in [-0.05, 0) is 25.1 Å². The first-order chi connectivity index (χ1) is 10.9. The lowest BCUT2D eigenvalue weighted by molar-refractivity contribution is -0.128. The summed E-state index contributed by atoms with van der Waals surface area (Å²) in [4.78, 5) is 23.2. The molecule has 1 atom stereocenters. The molecule has 0 aliphatic carbocycles. The van der Waals surface area contributed by atoms with Crippen molar-refractivity contribution in [2.75, 3.05) is 7.05 Å². The molecule has 1 amide bonds. The van der Waals surface area contributed by atoms with Crippen LogP contribution in [0.4, 0.5) is 0 Å². The molecule has 1 aliphatic rings. The first-order valence-corrected chi connectivity index (χ1v) is 7.89. The van der Waals surface area contributed by atoms with Crippen LogP contribution >= 0.6 is 11.3 Å². The average Bonchev–Trinajstić information content (AvgIpc) is 3.03. The van der Waals surface area contributed by atoms with Gasteiger partial charge in [0.05, 0.1) is 12.1 Å². The summed E-state index contributed by atoms with van der Waals surface area (Å²) in [5.74, 6) is 0.169. The van der Waals surface area contributed by atoms with E-state index in [4.69, 9.17) is 11.0 Å². The number of nitrogens with two attached hydrogens (primary N) is 1. The highest BCUT2D eigenvalue weighted by Gasteiger charge is 2.37. The van der Waals surface area contributed by atoms with E-state index >= 15 is 0 Å². The Morgan fingerprint density at radius 3 is 2.96 bits per heavy atom. The van der Waals surface area contributed by atoms with Gasteiger partial charge in [0.1, 0.15) is 17.3 Å². The van der Waals surface area contributed by atoms with Crippen LogP contribution in [0.1, 0.15) is 23.9 Å². The van der Waals surface area contributed by atoms with Gasteiger partial charge in [-0.1, -0.05) is 6.07 Å². The molecule has 0 radical (unpaired) electrons. The minimum Gasteiger partial charge on any atom is -0.369 e. The number of amides is 1. The van der Waals surface area contributed by atoms with Crippen molar-refractivity contribution in [1.29, 1.82) is 5.26 Å². The lowest BCUT2D eigenvalue weighted by Crippen LogP contribution is -2.47. The van der Waals surface area contributed by atoms with Crippen molar-refractivity contribution in [3.05, 3.63) is 40.2 Å². The molecule has 2 N–H and O–H groups in total. The number of nitriles is 1. The van der Waals surface area contributed by atoms with Gasteiger partial charge in [0.25, 0.3) is 0 Å². The molecule has 0 spiro atoms. The molecule has 116 valence electrons. The molecule has 3 rings (SSSR count). The number of rotatable bonds is 2. The molecule has 3 heterocycles. The molecule has 1 aliphatic heterocycles. The summed E-state index contributed by atoms with van der Waals surface area (Å²) in [5.41, 5.74) is 7.19. The number of thiophene rings is 1. The molecular weight excluding hydrogens is 310 g/mol. The number of nitrogens with zero attached hydrogens (tertiary/aromatic N) is 4. The summed E-state index contributed by atoms with van der Waals surface area (Å²) in [6.07, 6.45) is 0.274. The van der Waals surface area contributed by atoms with E-state index in [1.165, 1.54) is 16.2 Å². The fraction of sp³-hybridized carbons (Fsp3) is 0.250. The van der Waals surface area contributed by atoms with Crippen LogP contribution in [0.5, 0.6) is 0 Å². The number of carbonyl (C=O) groups excluding carboxylic acids is 1. The minimum absolute atomic E-state index is 0.0560. The monoisotopic (exact) mass is 325 g/mol. The second-order valence-corrected chi connectivity index (χ2v) is 6.50. The summed E-state index contributed by atoms with van der Waals surface area (Å²) < 4.78 is 0. The first-order valence-electron chi connectivity index (χ1n) is 7.01. The van der Waals surface area contributed by atoms with Crippen LogP contribution in [-0.4, -0.2) is 28.8 Å². The third-order valence-corrected chi connectivity index (χ3v) is 5.05. The number of hydrogen-bond acceptors (Lipinski definition) is 6. The van der Waals surface area contributed by atoms with Crippen LogP contribution in [0.25, 0.3) is 11.3 Å². The van der Waals surface area contributed by atoms with E-state index in [2.05, 4.69) is 9.98 Å². The fourth-order valence-electron chi connectivity index (χ4n) is 2.46. The number of aliphatic imine (C=N–C) groups is 1. The van der Waals surface area contributed by atoms with Gasteiger partial charge in [0.15, 0.2) is 5.96 Å². The maximum atomic E-state index is 12.1. The normalized spacial score (nSPS) is 21.0. The summed E-state index contributed by atoms with van der Waals surface area (Å²) in [6, 6.07) is 9.32. The van der Waals surface area contributed by atoms with Gasteiger partial charge in [-0.3, -0.25) is 9.69 Å². The molecule has 23 heavy (non-hydrogen) atoms. The standard InChI is InChI=1S/C16H15N5OS/c1-16(7-14(22)21(2)15(18)20-16)13-6-10(9-23-13)12-5-3-4-11(8-17)19-12/h3-6,9H,7H2,1-2H3,(H2,18,20)/t16-/m0/s1. The van der Waals surface area contributed by atoms with E-state index < -0.39 is 5.54 Å². The summed E-state index contributed by atoms with van der Waals surface area (Å²) in [5, 5.41) is 10.9. The lowest BCUT2D eigenvalue weighted by atomic mass is 9.93. The highest BCUT2D eigenvalue weighted by atomic mass is 32.1. The van der Waals surface area contributed by atoms with E-state index in [1.54, 1.807) is 19.2 Å². The summed E-state index contributed by atoms with van der Waals surface area (Å²) in [7, 11) is 1.62. The maximum absolute atomic E-state index is 12.1. The Morgan fingerprint density at radius 2 is 2.26 bits per heavy atom. The molecule has 0 unspecified atom stereocenters. The zero-order valence-corrected chi connectivity index (χ0v) is 13.6. The Bertz CT molecular complexity index is 850. The lowest BCUT2D eigenvalue weighted by Gasteiger charge is -2.32. The van der Waals surface area contributed by atoms with E-state index in [0.717, 1.165) is 16.1 Å².